The molecule has 1 atom stereocenters. The first-order chi connectivity index (χ1) is 14.8. The first kappa shape index (κ1) is 22.8. The van der Waals surface area contributed by atoms with Crippen LogP contribution in [-0.2, 0) is 14.8 Å². The van der Waals surface area contributed by atoms with Gasteiger partial charge in [-0.2, -0.15) is 0 Å². The summed E-state index contributed by atoms with van der Waals surface area (Å²) in [4.78, 5) is 12.4. The minimum absolute atomic E-state index is 0.141. The number of hydrogen-bond donors (Lipinski definition) is 1. The van der Waals surface area contributed by atoms with Crippen molar-refractivity contribution in [3.05, 3.63) is 88.9 Å². The number of nitrogens with one attached hydrogen (secondary N) is 1. The van der Waals surface area contributed by atoms with Crippen LogP contribution in [0.5, 0.6) is 5.75 Å². The predicted molar refractivity (Wildman–Crippen MR) is 125 cm³/mol. The van der Waals surface area contributed by atoms with E-state index in [9.17, 15) is 13.2 Å². The zero-order chi connectivity index (χ0) is 22.4. The molecule has 0 saturated heterocycles. The third-order valence-electron chi connectivity index (χ3n) is 4.72. The van der Waals surface area contributed by atoms with Crippen LogP contribution in [0.15, 0.2) is 88.2 Å². The molecule has 1 N–H and O–H groups in total. The molecule has 0 saturated carbocycles. The molecule has 0 unspecified atom stereocenters. The standard InChI is InChI=1S/C23H23BrN2O4S/c1-17(18-8-10-19(24)11-9-18)25-23(27)16-30-21-14-12-20(13-15-21)26(2)31(28,29)22-6-4-3-5-7-22/h3-15,17H,16H2,1-2H3,(H,25,27)/t17-/m0/s1. The van der Waals surface area contributed by atoms with E-state index in [2.05, 4.69) is 21.2 Å². The molecule has 0 aliphatic carbocycles. The van der Waals surface area contributed by atoms with E-state index in [0.717, 1.165) is 10.0 Å². The largest absolute Gasteiger partial charge is 0.484 e. The van der Waals surface area contributed by atoms with Gasteiger partial charge in [0.2, 0.25) is 0 Å². The summed E-state index contributed by atoms with van der Waals surface area (Å²) in [7, 11) is -2.15. The molecule has 8 heteroatoms. The number of hydrogen-bond acceptors (Lipinski definition) is 4. The molecule has 1 amide bonds. The quantitative estimate of drug-likeness (QED) is 0.490. The highest BCUT2D eigenvalue weighted by Gasteiger charge is 2.20. The van der Waals surface area contributed by atoms with Crippen LogP contribution in [0, 0.1) is 0 Å². The van der Waals surface area contributed by atoms with Gasteiger partial charge in [0, 0.05) is 11.5 Å². The Balaban J connectivity index is 1.56. The molecule has 31 heavy (non-hydrogen) atoms. The van der Waals surface area contributed by atoms with Crippen molar-refractivity contribution in [2.75, 3.05) is 18.0 Å². The molecular formula is C23H23BrN2O4S. The second-order valence-corrected chi connectivity index (χ2v) is 9.79. The van der Waals surface area contributed by atoms with Gasteiger partial charge in [0.25, 0.3) is 15.9 Å². The lowest BCUT2D eigenvalue weighted by Gasteiger charge is -2.20. The maximum absolute atomic E-state index is 12.7. The number of carbonyl (C=O) groups excluding carboxylic acids is 1. The molecule has 0 bridgehead atoms. The number of amides is 1. The number of nitrogens with zero attached hydrogens (tertiary/aromatic N) is 1. The molecule has 162 valence electrons. The first-order valence-corrected chi connectivity index (χ1v) is 11.8. The van der Waals surface area contributed by atoms with Gasteiger partial charge in [-0.25, -0.2) is 8.42 Å². The van der Waals surface area contributed by atoms with Gasteiger partial charge in [-0.05, 0) is 61.0 Å². The van der Waals surface area contributed by atoms with Crippen molar-refractivity contribution in [1.82, 2.24) is 5.32 Å². The number of benzene rings is 3. The smallest absolute Gasteiger partial charge is 0.264 e. The Morgan fingerprint density at radius 1 is 1.00 bits per heavy atom. The molecule has 3 rings (SSSR count). The third kappa shape index (κ3) is 5.86. The Kier molecular flexibility index (Phi) is 7.35. The average molecular weight is 503 g/mol. The Bertz CT molecular complexity index is 1120. The zero-order valence-electron chi connectivity index (χ0n) is 17.2. The fraction of sp³-hybridized carbons (Fsp3) is 0.174. The lowest BCUT2D eigenvalue weighted by molar-refractivity contribution is -0.123. The predicted octanol–water partition coefficient (Wildman–Crippen LogP) is 4.53. The number of anilines is 1. The molecule has 0 spiro atoms. The minimum atomic E-state index is -3.65. The van der Waals surface area contributed by atoms with E-state index < -0.39 is 10.0 Å². The summed E-state index contributed by atoms with van der Waals surface area (Å²) in [6.07, 6.45) is 0. The Labute approximate surface area is 191 Å². The number of ether oxygens (including phenoxy) is 1. The molecule has 0 aliphatic rings. The molecule has 0 aromatic heterocycles. The van der Waals surface area contributed by atoms with E-state index in [1.54, 1.807) is 54.6 Å². The van der Waals surface area contributed by atoms with Crippen LogP contribution >= 0.6 is 15.9 Å². The van der Waals surface area contributed by atoms with Crippen LogP contribution in [0.2, 0.25) is 0 Å². The maximum atomic E-state index is 12.7. The van der Waals surface area contributed by atoms with Gasteiger partial charge in [-0.3, -0.25) is 9.10 Å². The van der Waals surface area contributed by atoms with Gasteiger partial charge in [0.15, 0.2) is 6.61 Å². The van der Waals surface area contributed by atoms with Crippen molar-refractivity contribution in [3.8, 4) is 5.75 Å². The minimum Gasteiger partial charge on any atom is -0.484 e. The van der Waals surface area contributed by atoms with Crippen LogP contribution in [0.4, 0.5) is 5.69 Å². The first-order valence-electron chi connectivity index (χ1n) is 9.59. The summed E-state index contributed by atoms with van der Waals surface area (Å²) < 4.78 is 33.1. The van der Waals surface area contributed by atoms with E-state index in [0.29, 0.717) is 11.4 Å². The second kappa shape index (κ2) is 9.98. The zero-order valence-corrected chi connectivity index (χ0v) is 19.6. The van der Waals surface area contributed by atoms with Crippen molar-refractivity contribution < 1.29 is 17.9 Å². The summed E-state index contributed by atoms with van der Waals surface area (Å²) in [6, 6.07) is 22.4. The van der Waals surface area contributed by atoms with Gasteiger partial charge in [-0.15, -0.1) is 0 Å². The number of rotatable bonds is 8. The Hall–Kier alpha value is -2.84. The average Bonchev–Trinajstić information content (AvgIpc) is 2.78. The highest BCUT2D eigenvalue weighted by atomic mass is 79.9. The van der Waals surface area contributed by atoms with E-state index in [4.69, 9.17) is 4.74 Å². The van der Waals surface area contributed by atoms with Crippen molar-refractivity contribution in [2.45, 2.75) is 17.9 Å². The van der Waals surface area contributed by atoms with Crippen molar-refractivity contribution in [3.63, 3.8) is 0 Å². The number of carbonyl (C=O) groups is 1. The highest BCUT2D eigenvalue weighted by molar-refractivity contribution is 9.10. The van der Waals surface area contributed by atoms with Crippen LogP contribution < -0.4 is 14.4 Å². The summed E-state index contributed by atoms with van der Waals surface area (Å²) in [5, 5.41) is 2.89. The highest BCUT2D eigenvalue weighted by Crippen LogP contribution is 2.24. The fourth-order valence-corrected chi connectivity index (χ4v) is 4.39. The third-order valence-corrected chi connectivity index (χ3v) is 7.05. The van der Waals surface area contributed by atoms with Gasteiger partial charge in [-0.1, -0.05) is 46.3 Å². The lowest BCUT2D eigenvalue weighted by Crippen LogP contribution is -2.31. The summed E-state index contributed by atoms with van der Waals surface area (Å²) in [5.41, 5.74) is 1.48. The van der Waals surface area contributed by atoms with Crippen molar-refractivity contribution >= 4 is 37.5 Å². The molecule has 0 radical (unpaired) electrons. The summed E-state index contributed by atoms with van der Waals surface area (Å²) >= 11 is 3.39. The fourth-order valence-electron chi connectivity index (χ4n) is 2.91. The van der Waals surface area contributed by atoms with Crippen LogP contribution in [-0.4, -0.2) is 28.0 Å². The van der Waals surface area contributed by atoms with Crippen LogP contribution in [0.3, 0.4) is 0 Å². The summed E-state index contributed by atoms with van der Waals surface area (Å²) in [6.45, 7) is 1.76. The Morgan fingerprint density at radius 2 is 1.61 bits per heavy atom. The van der Waals surface area contributed by atoms with Gasteiger partial charge >= 0.3 is 0 Å². The van der Waals surface area contributed by atoms with Crippen molar-refractivity contribution in [1.29, 1.82) is 0 Å². The maximum Gasteiger partial charge on any atom is 0.264 e. The molecule has 0 heterocycles. The monoisotopic (exact) mass is 502 g/mol. The number of sulfonamides is 1. The van der Waals surface area contributed by atoms with E-state index in [1.807, 2.05) is 31.2 Å². The van der Waals surface area contributed by atoms with Crippen LogP contribution in [0.1, 0.15) is 18.5 Å². The van der Waals surface area contributed by atoms with Gasteiger partial charge < -0.3 is 10.1 Å². The van der Waals surface area contributed by atoms with Crippen LogP contribution in [0.25, 0.3) is 0 Å². The number of halogens is 1. The van der Waals surface area contributed by atoms with E-state index in [-0.39, 0.29) is 23.5 Å². The molecule has 0 aliphatic heterocycles. The summed E-state index contributed by atoms with van der Waals surface area (Å²) in [5.74, 6) is 0.226. The van der Waals surface area contributed by atoms with Gasteiger partial charge in [0.1, 0.15) is 5.75 Å². The van der Waals surface area contributed by atoms with Crippen molar-refractivity contribution in [2.24, 2.45) is 0 Å². The SMILES string of the molecule is C[C@H](NC(=O)COc1ccc(N(C)S(=O)(=O)c2ccccc2)cc1)c1ccc(Br)cc1. The van der Waals surface area contributed by atoms with Gasteiger partial charge in [0.05, 0.1) is 16.6 Å². The second-order valence-electron chi connectivity index (χ2n) is 6.91. The molecular weight excluding hydrogens is 480 g/mol. The van der Waals surface area contributed by atoms with E-state index in [1.165, 1.54) is 11.4 Å². The van der Waals surface area contributed by atoms with E-state index >= 15 is 0 Å². The molecule has 6 nitrogen and oxygen atoms in total. The molecule has 0 fully saturated rings. The Morgan fingerprint density at radius 3 is 2.23 bits per heavy atom. The lowest BCUT2D eigenvalue weighted by atomic mass is 10.1. The normalized spacial score (nSPS) is 12.1. The molecule has 3 aromatic rings. The molecule has 3 aromatic carbocycles. The topological polar surface area (TPSA) is 75.7 Å².